The molecule has 1 heterocycles. The molecular weight excluding hydrogens is 250 g/mol. The van der Waals surface area contributed by atoms with Crippen molar-refractivity contribution in [2.45, 2.75) is 33.2 Å². The van der Waals surface area contributed by atoms with Gasteiger partial charge in [-0.25, -0.2) is 0 Å². The first kappa shape index (κ1) is 14.7. The van der Waals surface area contributed by atoms with Crippen molar-refractivity contribution in [3.05, 3.63) is 53.0 Å². The Hall–Kier alpha value is -1.74. The van der Waals surface area contributed by atoms with Gasteiger partial charge in [0.2, 0.25) is 0 Å². The molecule has 3 heteroatoms. The minimum atomic E-state index is 0.165. The van der Waals surface area contributed by atoms with Gasteiger partial charge >= 0.3 is 0 Å². The zero-order valence-electron chi connectivity index (χ0n) is 12.7. The highest BCUT2D eigenvalue weighted by molar-refractivity contribution is 5.41. The van der Waals surface area contributed by atoms with Crippen LogP contribution in [0.15, 0.2) is 34.9 Å². The van der Waals surface area contributed by atoms with Gasteiger partial charge < -0.3 is 14.5 Å². The van der Waals surface area contributed by atoms with Crippen LogP contribution in [0.3, 0.4) is 0 Å². The number of ether oxygens (including phenoxy) is 1. The third kappa shape index (κ3) is 3.05. The van der Waals surface area contributed by atoms with Crippen LogP contribution >= 0.6 is 0 Å². The van der Waals surface area contributed by atoms with Gasteiger partial charge in [-0.1, -0.05) is 19.1 Å². The van der Waals surface area contributed by atoms with Crippen LogP contribution in [-0.4, -0.2) is 13.7 Å². The molecule has 3 nitrogen and oxygen atoms in total. The van der Waals surface area contributed by atoms with Crippen molar-refractivity contribution >= 4 is 0 Å². The monoisotopic (exact) mass is 273 g/mol. The Morgan fingerprint density at radius 3 is 2.60 bits per heavy atom. The number of hydrogen-bond acceptors (Lipinski definition) is 3. The first-order valence-corrected chi connectivity index (χ1v) is 7.09. The summed E-state index contributed by atoms with van der Waals surface area (Å²) in [6.45, 7) is 7.22. The molecule has 0 fully saturated rings. The fourth-order valence-corrected chi connectivity index (χ4v) is 2.47. The lowest BCUT2D eigenvalue weighted by molar-refractivity contribution is 0.411. The average Bonchev–Trinajstić information content (AvgIpc) is 2.86. The third-order valence-electron chi connectivity index (χ3n) is 3.56. The van der Waals surface area contributed by atoms with Gasteiger partial charge in [-0.3, -0.25) is 0 Å². The van der Waals surface area contributed by atoms with Gasteiger partial charge in [0.25, 0.3) is 0 Å². The van der Waals surface area contributed by atoms with Gasteiger partial charge in [0.05, 0.1) is 19.4 Å². The molecule has 0 aliphatic heterocycles. The number of methoxy groups -OCH3 is 1. The van der Waals surface area contributed by atoms with E-state index < -0.39 is 0 Å². The zero-order chi connectivity index (χ0) is 14.5. The molecule has 0 bridgehead atoms. The Morgan fingerprint density at radius 1 is 1.25 bits per heavy atom. The molecule has 0 spiro atoms. The van der Waals surface area contributed by atoms with E-state index in [2.05, 4.69) is 31.3 Å². The first-order chi connectivity index (χ1) is 9.67. The fraction of sp³-hybridized carbons (Fsp3) is 0.412. The summed E-state index contributed by atoms with van der Waals surface area (Å²) in [6, 6.07) is 8.53. The molecule has 0 saturated heterocycles. The van der Waals surface area contributed by atoms with E-state index in [4.69, 9.17) is 9.15 Å². The lowest BCUT2D eigenvalue weighted by Crippen LogP contribution is -2.23. The average molecular weight is 273 g/mol. The fourth-order valence-electron chi connectivity index (χ4n) is 2.47. The maximum Gasteiger partial charge on any atom is 0.121 e. The molecule has 2 aromatic rings. The normalized spacial score (nSPS) is 12.4. The molecule has 0 aliphatic rings. The predicted octanol–water partition coefficient (Wildman–Crippen LogP) is 3.99. The minimum absolute atomic E-state index is 0.165. The van der Waals surface area contributed by atoms with E-state index in [1.165, 1.54) is 11.1 Å². The lowest BCUT2D eigenvalue weighted by Gasteiger charge is -2.20. The van der Waals surface area contributed by atoms with Crippen LogP contribution in [0.4, 0.5) is 0 Å². The molecule has 1 N–H and O–H groups in total. The molecule has 1 atom stereocenters. The van der Waals surface area contributed by atoms with Crippen molar-refractivity contribution in [1.82, 2.24) is 5.32 Å². The van der Waals surface area contributed by atoms with E-state index in [0.717, 1.165) is 30.0 Å². The van der Waals surface area contributed by atoms with E-state index in [1.54, 1.807) is 13.4 Å². The van der Waals surface area contributed by atoms with E-state index in [0.29, 0.717) is 0 Å². The van der Waals surface area contributed by atoms with Gasteiger partial charge in [0.15, 0.2) is 0 Å². The second-order valence-corrected chi connectivity index (χ2v) is 5.05. The molecular formula is C17H23NO2. The number of nitrogens with one attached hydrogen (secondary N) is 1. The Labute approximate surface area is 121 Å². The van der Waals surface area contributed by atoms with Gasteiger partial charge in [-0.15, -0.1) is 0 Å². The van der Waals surface area contributed by atoms with Crippen molar-refractivity contribution in [3.8, 4) is 5.75 Å². The summed E-state index contributed by atoms with van der Waals surface area (Å²) < 4.78 is 10.8. The summed E-state index contributed by atoms with van der Waals surface area (Å²) in [5.74, 6) is 1.89. The third-order valence-corrected chi connectivity index (χ3v) is 3.56. The van der Waals surface area contributed by atoms with E-state index >= 15 is 0 Å². The molecule has 2 rings (SSSR count). The number of aryl methyl sites for hydroxylation is 2. The van der Waals surface area contributed by atoms with E-state index in [1.807, 2.05) is 19.1 Å². The lowest BCUT2D eigenvalue weighted by atomic mass is 9.97. The van der Waals surface area contributed by atoms with E-state index in [9.17, 15) is 0 Å². The quantitative estimate of drug-likeness (QED) is 0.864. The highest BCUT2D eigenvalue weighted by Gasteiger charge is 2.18. The Balaban J connectivity index is 2.36. The molecule has 20 heavy (non-hydrogen) atoms. The van der Waals surface area contributed by atoms with Crippen LogP contribution in [0.2, 0.25) is 0 Å². The van der Waals surface area contributed by atoms with Gasteiger partial charge in [0, 0.05) is 5.56 Å². The van der Waals surface area contributed by atoms with E-state index in [-0.39, 0.29) is 6.04 Å². The summed E-state index contributed by atoms with van der Waals surface area (Å²) in [5, 5.41) is 3.59. The summed E-state index contributed by atoms with van der Waals surface area (Å²) in [7, 11) is 1.70. The molecule has 1 aromatic carbocycles. The summed E-state index contributed by atoms with van der Waals surface area (Å²) in [4.78, 5) is 0. The van der Waals surface area contributed by atoms with Crippen LogP contribution in [0.1, 0.15) is 41.8 Å². The van der Waals surface area contributed by atoms with Crippen molar-refractivity contribution in [2.75, 3.05) is 13.7 Å². The maximum absolute atomic E-state index is 5.46. The van der Waals surface area contributed by atoms with Gasteiger partial charge in [-0.2, -0.15) is 0 Å². The molecule has 1 unspecified atom stereocenters. The number of hydrogen-bond donors (Lipinski definition) is 1. The molecule has 0 saturated carbocycles. The summed E-state index contributed by atoms with van der Waals surface area (Å²) >= 11 is 0. The standard InChI is InChI=1S/C17H23NO2/c1-5-9-18-17(15-8-10-20-13(15)3)14-6-7-16(19-4)12(2)11-14/h6-8,10-11,17-18H,5,9H2,1-4H3. The Bertz CT molecular complexity index is 560. The number of rotatable bonds is 6. The predicted molar refractivity (Wildman–Crippen MR) is 81.3 cm³/mol. The van der Waals surface area contributed by atoms with Crippen LogP contribution in [0.5, 0.6) is 5.75 Å². The smallest absolute Gasteiger partial charge is 0.121 e. The summed E-state index contributed by atoms with van der Waals surface area (Å²) in [6.07, 6.45) is 2.85. The zero-order valence-corrected chi connectivity index (χ0v) is 12.7. The largest absolute Gasteiger partial charge is 0.496 e. The van der Waals surface area contributed by atoms with Crippen molar-refractivity contribution in [1.29, 1.82) is 0 Å². The highest BCUT2D eigenvalue weighted by atomic mass is 16.5. The first-order valence-electron chi connectivity index (χ1n) is 7.09. The maximum atomic E-state index is 5.46. The van der Waals surface area contributed by atoms with Crippen molar-refractivity contribution < 1.29 is 9.15 Å². The Kier molecular flexibility index (Phi) is 4.85. The van der Waals surface area contributed by atoms with Crippen molar-refractivity contribution in [3.63, 3.8) is 0 Å². The molecule has 0 radical (unpaired) electrons. The van der Waals surface area contributed by atoms with Crippen molar-refractivity contribution in [2.24, 2.45) is 0 Å². The molecule has 108 valence electrons. The molecule has 1 aromatic heterocycles. The Morgan fingerprint density at radius 2 is 2.05 bits per heavy atom. The molecule has 0 amide bonds. The second-order valence-electron chi connectivity index (χ2n) is 5.05. The van der Waals surface area contributed by atoms with Gasteiger partial charge in [0.1, 0.15) is 11.5 Å². The number of benzene rings is 1. The minimum Gasteiger partial charge on any atom is -0.496 e. The topological polar surface area (TPSA) is 34.4 Å². The highest BCUT2D eigenvalue weighted by Crippen LogP contribution is 2.29. The SMILES string of the molecule is CCCNC(c1ccc(OC)c(C)c1)c1ccoc1C. The second kappa shape index (κ2) is 6.62. The van der Waals surface area contributed by atoms with Crippen LogP contribution < -0.4 is 10.1 Å². The molecule has 0 aliphatic carbocycles. The number of furan rings is 1. The van der Waals surface area contributed by atoms with Crippen LogP contribution in [0, 0.1) is 13.8 Å². The summed E-state index contributed by atoms with van der Waals surface area (Å²) in [5.41, 5.74) is 3.58. The van der Waals surface area contributed by atoms with Crippen LogP contribution in [-0.2, 0) is 0 Å². The van der Waals surface area contributed by atoms with Crippen LogP contribution in [0.25, 0.3) is 0 Å². The van der Waals surface area contributed by atoms with Gasteiger partial charge in [-0.05, 0) is 50.1 Å².